The Labute approximate surface area is 157 Å². The molecule has 0 unspecified atom stereocenters. The number of anilines is 1. The summed E-state index contributed by atoms with van der Waals surface area (Å²) in [6, 6.07) is 1.07. The zero-order valence-corrected chi connectivity index (χ0v) is 15.4. The molecule has 27 heavy (non-hydrogen) atoms. The number of hydrogen-bond donors (Lipinski definition) is 2. The molecule has 0 saturated carbocycles. The average Bonchev–Trinajstić information content (AvgIpc) is 3.20. The third kappa shape index (κ3) is 4.72. The van der Waals surface area contributed by atoms with E-state index in [1.807, 2.05) is 4.90 Å². The molecule has 1 fully saturated rings. The second-order valence-electron chi connectivity index (χ2n) is 6.25. The van der Waals surface area contributed by atoms with Gasteiger partial charge in [0, 0.05) is 63.7 Å². The Morgan fingerprint density at radius 1 is 1.33 bits per heavy atom. The molecule has 1 saturated heterocycles. The fourth-order valence-corrected chi connectivity index (χ4v) is 3.01. The lowest BCUT2D eigenvalue weighted by molar-refractivity contribution is -0.136. The topological polar surface area (TPSA) is 116 Å². The highest BCUT2D eigenvalue weighted by Crippen LogP contribution is 2.15. The number of carbonyl (C=O) groups excluding carboxylic acids is 2. The van der Waals surface area contributed by atoms with Crippen molar-refractivity contribution in [3.05, 3.63) is 30.5 Å². The predicted molar refractivity (Wildman–Crippen MR) is 97.3 cm³/mol. The number of amides is 2. The molecule has 2 aromatic heterocycles. The number of methoxy groups -OCH3 is 1. The van der Waals surface area contributed by atoms with E-state index < -0.39 is 6.04 Å². The first-order chi connectivity index (χ1) is 13.1. The van der Waals surface area contributed by atoms with Gasteiger partial charge in [-0.2, -0.15) is 4.98 Å². The average molecular weight is 373 g/mol. The molecule has 0 aromatic carbocycles. The van der Waals surface area contributed by atoms with Crippen molar-refractivity contribution in [2.75, 3.05) is 38.2 Å². The maximum absolute atomic E-state index is 12.9. The molecule has 0 bridgehead atoms. The number of imidazole rings is 1. The minimum atomic E-state index is -0.623. The van der Waals surface area contributed by atoms with Crippen molar-refractivity contribution in [1.82, 2.24) is 30.2 Å². The predicted octanol–water partition coefficient (Wildman–Crippen LogP) is -0.396. The fraction of sp³-hybridized carbons (Fsp3) is 0.471. The van der Waals surface area contributed by atoms with Gasteiger partial charge in [-0.05, 0) is 0 Å². The Morgan fingerprint density at radius 2 is 2.11 bits per heavy atom. The van der Waals surface area contributed by atoms with E-state index >= 15 is 0 Å². The van der Waals surface area contributed by atoms with Crippen LogP contribution >= 0.6 is 0 Å². The summed E-state index contributed by atoms with van der Waals surface area (Å²) < 4.78 is 5.13. The van der Waals surface area contributed by atoms with Gasteiger partial charge in [0.25, 0.3) is 0 Å². The van der Waals surface area contributed by atoms with Crippen molar-refractivity contribution >= 4 is 17.8 Å². The number of nitrogens with zero attached hydrogens (tertiary/aromatic N) is 5. The Bertz CT molecular complexity index is 773. The van der Waals surface area contributed by atoms with Crippen molar-refractivity contribution in [2.24, 2.45) is 0 Å². The third-order valence-corrected chi connectivity index (χ3v) is 4.36. The van der Waals surface area contributed by atoms with E-state index in [0.717, 1.165) is 5.69 Å². The van der Waals surface area contributed by atoms with Crippen LogP contribution in [0.25, 0.3) is 0 Å². The fourth-order valence-electron chi connectivity index (χ4n) is 3.01. The van der Waals surface area contributed by atoms with E-state index in [1.165, 1.54) is 6.92 Å². The van der Waals surface area contributed by atoms with Crippen molar-refractivity contribution in [3.63, 3.8) is 0 Å². The monoisotopic (exact) mass is 373 g/mol. The molecular formula is C17H23N7O3. The Balaban J connectivity index is 1.62. The number of aromatic amines is 1. The Morgan fingerprint density at radius 3 is 2.74 bits per heavy atom. The van der Waals surface area contributed by atoms with E-state index in [0.29, 0.717) is 44.4 Å². The Hall–Kier alpha value is -3.17. The molecule has 3 rings (SSSR count). The smallest absolute Gasteiger partial charge is 0.245 e. The van der Waals surface area contributed by atoms with Gasteiger partial charge in [-0.25, -0.2) is 9.97 Å². The largest absolute Gasteiger partial charge is 0.481 e. The molecule has 0 radical (unpaired) electrons. The first-order valence-corrected chi connectivity index (χ1v) is 8.72. The molecule has 144 valence electrons. The quantitative estimate of drug-likeness (QED) is 0.708. The number of piperazine rings is 1. The standard InChI is InChI=1S/C17H23N7O3/c1-12(25)21-14(9-13-10-18-11-20-13)16(26)23-5-7-24(8-6-23)17-19-4-3-15(22-17)27-2/h3-4,10-11,14H,5-9H2,1-2H3,(H,18,20)(H,21,25)/t14-/m0/s1. The number of aromatic nitrogens is 4. The van der Waals surface area contributed by atoms with E-state index in [2.05, 4.69) is 25.3 Å². The summed E-state index contributed by atoms with van der Waals surface area (Å²) in [5.74, 6) is 0.739. The van der Waals surface area contributed by atoms with Crippen LogP contribution < -0.4 is 15.0 Å². The first kappa shape index (κ1) is 18.6. The van der Waals surface area contributed by atoms with Crippen molar-refractivity contribution < 1.29 is 14.3 Å². The number of rotatable bonds is 6. The molecule has 1 aliphatic rings. The summed E-state index contributed by atoms with van der Waals surface area (Å²) in [5.41, 5.74) is 0.797. The molecule has 2 amide bonds. The normalized spacial score (nSPS) is 15.3. The van der Waals surface area contributed by atoms with E-state index in [4.69, 9.17) is 4.74 Å². The van der Waals surface area contributed by atoms with Crippen LogP contribution in [0.15, 0.2) is 24.8 Å². The lowest BCUT2D eigenvalue weighted by Crippen LogP contribution is -2.55. The zero-order valence-electron chi connectivity index (χ0n) is 15.4. The van der Waals surface area contributed by atoms with Gasteiger partial charge in [0.15, 0.2) is 0 Å². The van der Waals surface area contributed by atoms with Crippen molar-refractivity contribution in [2.45, 2.75) is 19.4 Å². The minimum absolute atomic E-state index is 0.106. The van der Waals surface area contributed by atoms with Gasteiger partial charge in [0.1, 0.15) is 6.04 Å². The summed E-state index contributed by atoms with van der Waals surface area (Å²) in [6.07, 6.45) is 5.23. The number of nitrogens with one attached hydrogen (secondary N) is 2. The van der Waals surface area contributed by atoms with E-state index in [-0.39, 0.29) is 11.8 Å². The summed E-state index contributed by atoms with van der Waals surface area (Å²) >= 11 is 0. The van der Waals surface area contributed by atoms with Gasteiger partial charge < -0.3 is 24.8 Å². The number of H-pyrrole nitrogens is 1. The summed E-state index contributed by atoms with van der Waals surface area (Å²) in [6.45, 7) is 3.67. The van der Waals surface area contributed by atoms with Crippen molar-refractivity contribution in [1.29, 1.82) is 0 Å². The summed E-state index contributed by atoms with van der Waals surface area (Å²) in [5, 5.41) is 2.74. The van der Waals surface area contributed by atoms with Crippen LogP contribution in [0.4, 0.5) is 5.95 Å². The summed E-state index contributed by atoms with van der Waals surface area (Å²) in [4.78, 5) is 43.7. The maximum atomic E-state index is 12.9. The second-order valence-corrected chi connectivity index (χ2v) is 6.25. The molecule has 2 N–H and O–H groups in total. The van der Waals surface area contributed by atoms with Crippen LogP contribution in [-0.2, 0) is 16.0 Å². The van der Waals surface area contributed by atoms with Crippen LogP contribution in [-0.4, -0.2) is 76.0 Å². The first-order valence-electron chi connectivity index (χ1n) is 8.72. The van der Waals surface area contributed by atoms with Crippen molar-refractivity contribution in [3.8, 4) is 5.88 Å². The third-order valence-electron chi connectivity index (χ3n) is 4.36. The number of carbonyl (C=O) groups is 2. The highest BCUT2D eigenvalue weighted by Gasteiger charge is 2.29. The van der Waals surface area contributed by atoms with Gasteiger partial charge in [-0.1, -0.05) is 0 Å². The molecular weight excluding hydrogens is 350 g/mol. The van der Waals surface area contributed by atoms with Gasteiger partial charge in [-0.3, -0.25) is 9.59 Å². The van der Waals surface area contributed by atoms with Crippen LogP contribution in [0.3, 0.4) is 0 Å². The maximum Gasteiger partial charge on any atom is 0.245 e. The van der Waals surface area contributed by atoms with E-state index in [1.54, 1.807) is 36.8 Å². The van der Waals surface area contributed by atoms with E-state index in [9.17, 15) is 9.59 Å². The summed E-state index contributed by atoms with van der Waals surface area (Å²) in [7, 11) is 1.56. The van der Waals surface area contributed by atoms with Crippen LogP contribution in [0.1, 0.15) is 12.6 Å². The second kappa shape index (κ2) is 8.47. The minimum Gasteiger partial charge on any atom is -0.481 e. The molecule has 3 heterocycles. The van der Waals surface area contributed by atoms with Gasteiger partial charge in [-0.15, -0.1) is 0 Å². The lowest BCUT2D eigenvalue weighted by atomic mass is 10.1. The highest BCUT2D eigenvalue weighted by atomic mass is 16.5. The van der Waals surface area contributed by atoms with Gasteiger partial charge in [0.2, 0.25) is 23.6 Å². The van der Waals surface area contributed by atoms with Crippen LogP contribution in [0.2, 0.25) is 0 Å². The van der Waals surface area contributed by atoms with Gasteiger partial charge in [0.05, 0.1) is 13.4 Å². The lowest BCUT2D eigenvalue weighted by Gasteiger charge is -2.36. The number of ether oxygens (including phenoxy) is 1. The highest BCUT2D eigenvalue weighted by molar-refractivity contribution is 5.87. The molecule has 10 nitrogen and oxygen atoms in total. The van der Waals surface area contributed by atoms with Crippen LogP contribution in [0, 0.1) is 0 Å². The molecule has 0 aliphatic carbocycles. The number of hydrogen-bond acceptors (Lipinski definition) is 7. The molecule has 10 heteroatoms. The zero-order chi connectivity index (χ0) is 19.2. The Kier molecular flexibility index (Phi) is 5.84. The molecule has 1 atom stereocenters. The SMILES string of the molecule is COc1ccnc(N2CCN(C(=O)[C@H](Cc3cnc[nH]3)NC(C)=O)CC2)n1. The molecule has 2 aromatic rings. The van der Waals surface area contributed by atoms with Crippen LogP contribution in [0.5, 0.6) is 5.88 Å². The van der Waals surface area contributed by atoms with Gasteiger partial charge >= 0.3 is 0 Å². The molecule has 0 spiro atoms. The molecule has 1 aliphatic heterocycles.